The van der Waals surface area contributed by atoms with E-state index in [2.05, 4.69) is 29.6 Å². The normalized spacial score (nSPS) is 10.6. The van der Waals surface area contributed by atoms with E-state index < -0.39 is 0 Å². The van der Waals surface area contributed by atoms with Gasteiger partial charge in [-0.3, -0.25) is 4.79 Å². The van der Waals surface area contributed by atoms with E-state index >= 15 is 0 Å². The molecule has 5 nitrogen and oxygen atoms in total. The van der Waals surface area contributed by atoms with Crippen molar-refractivity contribution < 1.29 is 9.32 Å². The van der Waals surface area contributed by atoms with Crippen molar-refractivity contribution in [1.82, 2.24) is 10.5 Å². The van der Waals surface area contributed by atoms with Gasteiger partial charge in [-0.15, -0.1) is 0 Å². The Morgan fingerprint density at radius 1 is 1.35 bits per heavy atom. The highest BCUT2D eigenvalue weighted by atomic mass is 16.5. The van der Waals surface area contributed by atoms with Crippen LogP contribution in [0.1, 0.15) is 25.1 Å². The number of amides is 1. The third-order valence-corrected chi connectivity index (χ3v) is 2.70. The van der Waals surface area contributed by atoms with Gasteiger partial charge in [0.1, 0.15) is 6.26 Å². The number of hydrogen-bond acceptors (Lipinski definition) is 4. The second-order valence-corrected chi connectivity index (χ2v) is 4.94. The number of hydrogen-bond donors (Lipinski definition) is 2. The molecular formula is C15H19N3O2. The van der Waals surface area contributed by atoms with Crippen LogP contribution in [0.3, 0.4) is 0 Å². The minimum Gasteiger partial charge on any atom is -0.383 e. The highest BCUT2D eigenvalue weighted by Crippen LogP contribution is 2.11. The number of carbonyl (C=O) groups excluding carboxylic acids is 1. The first kappa shape index (κ1) is 14.1. The molecule has 0 aliphatic rings. The number of benzene rings is 1. The van der Waals surface area contributed by atoms with Crippen LogP contribution in [0.25, 0.3) is 0 Å². The first-order valence-electron chi connectivity index (χ1n) is 6.65. The van der Waals surface area contributed by atoms with Gasteiger partial charge < -0.3 is 15.2 Å². The number of aromatic nitrogens is 1. The van der Waals surface area contributed by atoms with Crippen LogP contribution < -0.4 is 10.6 Å². The maximum atomic E-state index is 11.7. The van der Waals surface area contributed by atoms with E-state index in [-0.39, 0.29) is 12.3 Å². The fourth-order valence-electron chi connectivity index (χ4n) is 1.86. The predicted molar refractivity (Wildman–Crippen MR) is 77.3 cm³/mol. The molecule has 2 rings (SSSR count). The zero-order valence-electron chi connectivity index (χ0n) is 11.7. The number of nitrogens with one attached hydrogen (secondary N) is 2. The van der Waals surface area contributed by atoms with Gasteiger partial charge in [0.25, 0.3) is 0 Å². The second kappa shape index (κ2) is 6.75. The van der Waals surface area contributed by atoms with Gasteiger partial charge in [0.2, 0.25) is 5.91 Å². The molecule has 0 atom stereocenters. The van der Waals surface area contributed by atoms with Crippen molar-refractivity contribution in [2.24, 2.45) is 0 Å². The minimum absolute atomic E-state index is 0.0684. The van der Waals surface area contributed by atoms with E-state index in [1.807, 2.05) is 24.3 Å². The maximum Gasteiger partial charge on any atom is 0.226 e. The van der Waals surface area contributed by atoms with Crippen LogP contribution in [0.5, 0.6) is 0 Å². The summed E-state index contributed by atoms with van der Waals surface area (Å²) >= 11 is 0. The Hall–Kier alpha value is -2.30. The van der Waals surface area contributed by atoms with Gasteiger partial charge in [0, 0.05) is 24.3 Å². The minimum atomic E-state index is -0.0684. The van der Waals surface area contributed by atoms with E-state index in [9.17, 15) is 4.79 Å². The topological polar surface area (TPSA) is 67.2 Å². The van der Waals surface area contributed by atoms with Crippen LogP contribution in [0.4, 0.5) is 5.69 Å². The molecule has 0 radical (unpaired) electrons. The molecule has 2 aromatic rings. The molecule has 0 saturated heterocycles. The van der Waals surface area contributed by atoms with Crippen LogP contribution in [0, 0.1) is 0 Å². The lowest BCUT2D eigenvalue weighted by molar-refractivity contribution is -0.120. The molecule has 0 aliphatic carbocycles. The van der Waals surface area contributed by atoms with Gasteiger partial charge in [0.15, 0.2) is 0 Å². The molecule has 0 bridgehead atoms. The van der Waals surface area contributed by atoms with Gasteiger partial charge in [-0.2, -0.15) is 0 Å². The van der Waals surface area contributed by atoms with Crippen LogP contribution in [0.2, 0.25) is 0 Å². The van der Waals surface area contributed by atoms with Crippen molar-refractivity contribution in [3.05, 3.63) is 47.9 Å². The fraction of sp³-hybridized carbons (Fsp3) is 0.333. The Bertz CT molecular complexity index is 550. The smallest absolute Gasteiger partial charge is 0.226 e. The summed E-state index contributed by atoms with van der Waals surface area (Å²) < 4.78 is 4.69. The first-order valence-corrected chi connectivity index (χ1v) is 6.65. The van der Waals surface area contributed by atoms with Crippen LogP contribution in [-0.2, 0) is 17.8 Å². The van der Waals surface area contributed by atoms with Crippen molar-refractivity contribution in [2.45, 2.75) is 32.9 Å². The molecule has 1 aromatic heterocycles. The Morgan fingerprint density at radius 3 is 2.90 bits per heavy atom. The fourth-order valence-corrected chi connectivity index (χ4v) is 1.86. The summed E-state index contributed by atoms with van der Waals surface area (Å²) in [5.74, 6) is -0.0684. The van der Waals surface area contributed by atoms with E-state index in [1.54, 1.807) is 6.07 Å². The average Bonchev–Trinajstić information content (AvgIpc) is 2.89. The van der Waals surface area contributed by atoms with Crippen molar-refractivity contribution >= 4 is 11.6 Å². The summed E-state index contributed by atoms with van der Waals surface area (Å²) in [4.78, 5) is 11.7. The van der Waals surface area contributed by atoms with Gasteiger partial charge in [0.05, 0.1) is 12.1 Å². The third-order valence-electron chi connectivity index (χ3n) is 2.70. The van der Waals surface area contributed by atoms with Gasteiger partial charge >= 0.3 is 0 Å². The zero-order chi connectivity index (χ0) is 14.4. The van der Waals surface area contributed by atoms with Gasteiger partial charge in [-0.1, -0.05) is 17.3 Å². The molecule has 0 spiro atoms. The molecule has 0 unspecified atom stereocenters. The van der Waals surface area contributed by atoms with Crippen LogP contribution in [0.15, 0.2) is 41.1 Å². The van der Waals surface area contributed by atoms with Gasteiger partial charge in [-0.05, 0) is 31.5 Å². The van der Waals surface area contributed by atoms with Gasteiger partial charge in [-0.25, -0.2) is 0 Å². The Morgan fingerprint density at radius 2 is 2.20 bits per heavy atom. The van der Waals surface area contributed by atoms with Crippen molar-refractivity contribution in [2.75, 3.05) is 5.32 Å². The maximum absolute atomic E-state index is 11.7. The monoisotopic (exact) mass is 273 g/mol. The number of rotatable bonds is 6. The molecule has 2 N–H and O–H groups in total. The summed E-state index contributed by atoms with van der Waals surface area (Å²) in [6, 6.07) is 10.1. The molecule has 0 fully saturated rings. The molecule has 0 aliphatic heterocycles. The summed E-state index contributed by atoms with van der Waals surface area (Å²) in [6.07, 6.45) is 1.70. The second-order valence-electron chi connectivity index (χ2n) is 4.94. The number of nitrogens with zero attached hydrogens (tertiary/aromatic N) is 1. The van der Waals surface area contributed by atoms with Crippen LogP contribution >= 0.6 is 0 Å². The number of anilines is 1. The Kier molecular flexibility index (Phi) is 4.76. The predicted octanol–water partition coefficient (Wildman–Crippen LogP) is 2.35. The lowest BCUT2D eigenvalue weighted by Crippen LogP contribution is -2.24. The molecule has 0 saturated carbocycles. The van der Waals surface area contributed by atoms with Crippen molar-refractivity contribution in [1.29, 1.82) is 0 Å². The molecule has 1 aromatic carbocycles. The Labute approximate surface area is 118 Å². The highest BCUT2D eigenvalue weighted by molar-refractivity contribution is 5.78. The highest BCUT2D eigenvalue weighted by Gasteiger charge is 2.06. The molecule has 1 heterocycles. The summed E-state index contributed by atoms with van der Waals surface area (Å²) in [7, 11) is 0. The number of carbonyl (C=O) groups is 1. The largest absolute Gasteiger partial charge is 0.383 e. The molecule has 20 heavy (non-hydrogen) atoms. The zero-order valence-corrected chi connectivity index (χ0v) is 11.7. The molecule has 106 valence electrons. The van der Waals surface area contributed by atoms with E-state index in [1.165, 1.54) is 6.26 Å². The lowest BCUT2D eigenvalue weighted by Gasteiger charge is -2.11. The first-order chi connectivity index (χ1) is 9.63. The summed E-state index contributed by atoms with van der Waals surface area (Å²) in [5, 5.41) is 9.92. The van der Waals surface area contributed by atoms with E-state index in [4.69, 9.17) is 4.52 Å². The molecular weight excluding hydrogens is 254 g/mol. The van der Waals surface area contributed by atoms with Crippen molar-refractivity contribution in [3.8, 4) is 0 Å². The molecule has 1 amide bonds. The summed E-state index contributed by atoms with van der Waals surface area (Å²) in [5.41, 5.74) is 2.75. The average molecular weight is 273 g/mol. The van der Waals surface area contributed by atoms with E-state index in [0.717, 1.165) is 11.3 Å². The Balaban J connectivity index is 1.85. The quantitative estimate of drug-likeness (QED) is 0.848. The van der Waals surface area contributed by atoms with Crippen LogP contribution in [-0.4, -0.2) is 17.1 Å². The van der Waals surface area contributed by atoms with E-state index in [0.29, 0.717) is 18.3 Å². The SMILES string of the molecule is CC(C)Nc1cccc(CNC(=O)Cc2ccon2)c1. The van der Waals surface area contributed by atoms with Crippen molar-refractivity contribution in [3.63, 3.8) is 0 Å². The standard InChI is InChI=1S/C15H19N3O2/c1-11(2)17-13-5-3-4-12(8-13)10-16-15(19)9-14-6-7-20-18-14/h3-8,11,17H,9-10H2,1-2H3,(H,16,19). The third kappa shape index (κ3) is 4.42. The summed E-state index contributed by atoms with van der Waals surface area (Å²) in [6.45, 7) is 4.68. The molecule has 5 heteroatoms. The lowest BCUT2D eigenvalue weighted by atomic mass is 10.2.